The van der Waals surface area contributed by atoms with Crippen LogP contribution in [0.4, 0.5) is 5.13 Å². The fourth-order valence-electron chi connectivity index (χ4n) is 2.24. The van der Waals surface area contributed by atoms with Crippen LogP contribution in [0, 0.1) is 19.3 Å². The van der Waals surface area contributed by atoms with Gasteiger partial charge >= 0.3 is 0 Å². The maximum Gasteiger partial charge on any atom is 0.183 e. The quantitative estimate of drug-likeness (QED) is 0.845. The lowest BCUT2D eigenvalue weighted by atomic mass is 9.89. The number of anilines is 1. The van der Waals surface area contributed by atoms with E-state index in [9.17, 15) is 0 Å². The Morgan fingerprint density at radius 2 is 2.00 bits per heavy atom. The number of hydrogen-bond acceptors (Lipinski definition) is 3. The third-order valence-electron chi connectivity index (χ3n) is 3.51. The molecule has 1 aliphatic rings. The second-order valence-electron chi connectivity index (χ2n) is 5.03. The van der Waals surface area contributed by atoms with Crippen molar-refractivity contribution in [2.24, 2.45) is 5.41 Å². The van der Waals surface area contributed by atoms with Gasteiger partial charge in [0.2, 0.25) is 0 Å². The zero-order chi connectivity index (χ0) is 10.9. The Balaban J connectivity index is 1.92. The van der Waals surface area contributed by atoms with Gasteiger partial charge < -0.3 is 5.32 Å². The zero-order valence-electron chi connectivity index (χ0n) is 9.89. The highest BCUT2D eigenvalue weighted by Gasteiger charge is 2.28. The van der Waals surface area contributed by atoms with Crippen molar-refractivity contribution in [2.75, 3.05) is 11.9 Å². The molecule has 1 aliphatic carbocycles. The zero-order valence-corrected chi connectivity index (χ0v) is 10.7. The van der Waals surface area contributed by atoms with E-state index in [-0.39, 0.29) is 0 Å². The third-order valence-corrected chi connectivity index (χ3v) is 4.54. The molecule has 0 bridgehead atoms. The first-order valence-electron chi connectivity index (χ1n) is 5.77. The van der Waals surface area contributed by atoms with E-state index >= 15 is 0 Å². The minimum absolute atomic E-state index is 0.507. The van der Waals surface area contributed by atoms with Crippen molar-refractivity contribution in [1.29, 1.82) is 0 Å². The predicted molar refractivity (Wildman–Crippen MR) is 66.7 cm³/mol. The molecule has 0 atom stereocenters. The number of nitrogens with zero attached hydrogens (tertiary/aromatic N) is 1. The van der Waals surface area contributed by atoms with Gasteiger partial charge in [-0.25, -0.2) is 4.98 Å². The van der Waals surface area contributed by atoms with Crippen LogP contribution in [0.2, 0.25) is 0 Å². The number of hydrogen-bond donors (Lipinski definition) is 1. The fourth-order valence-corrected chi connectivity index (χ4v) is 3.05. The van der Waals surface area contributed by atoms with Gasteiger partial charge in [-0.3, -0.25) is 0 Å². The second-order valence-corrected chi connectivity index (χ2v) is 6.24. The van der Waals surface area contributed by atoms with E-state index in [1.165, 1.54) is 36.3 Å². The average Bonchev–Trinajstić information content (AvgIpc) is 2.73. The largest absolute Gasteiger partial charge is 0.361 e. The van der Waals surface area contributed by atoms with Crippen LogP contribution in [0.15, 0.2) is 0 Å². The molecule has 0 aliphatic heterocycles. The summed E-state index contributed by atoms with van der Waals surface area (Å²) in [6.45, 7) is 7.68. The van der Waals surface area contributed by atoms with Crippen molar-refractivity contribution in [3.8, 4) is 0 Å². The first kappa shape index (κ1) is 10.9. The molecular weight excluding hydrogens is 204 g/mol. The smallest absolute Gasteiger partial charge is 0.183 e. The van der Waals surface area contributed by atoms with Crippen LogP contribution in [-0.4, -0.2) is 11.5 Å². The van der Waals surface area contributed by atoms with Crippen LogP contribution < -0.4 is 5.32 Å². The van der Waals surface area contributed by atoms with Crippen molar-refractivity contribution in [2.45, 2.75) is 46.5 Å². The standard InChI is InChI=1S/C12H20N2S/c1-9-10(2)15-11(14-9)13-8-12(3)6-4-5-7-12/h4-8H2,1-3H3,(H,13,14). The normalized spacial score (nSPS) is 19.4. The minimum atomic E-state index is 0.507. The van der Waals surface area contributed by atoms with E-state index in [4.69, 9.17) is 0 Å². The monoisotopic (exact) mass is 224 g/mol. The summed E-state index contributed by atoms with van der Waals surface area (Å²) in [4.78, 5) is 5.84. The summed E-state index contributed by atoms with van der Waals surface area (Å²) in [6.07, 6.45) is 5.52. The molecule has 15 heavy (non-hydrogen) atoms. The molecular formula is C12H20N2S. The number of rotatable bonds is 3. The van der Waals surface area contributed by atoms with Crippen LogP contribution >= 0.6 is 11.3 Å². The van der Waals surface area contributed by atoms with Gasteiger partial charge in [0, 0.05) is 11.4 Å². The van der Waals surface area contributed by atoms with Gasteiger partial charge in [0.25, 0.3) is 0 Å². The average molecular weight is 224 g/mol. The molecule has 3 heteroatoms. The highest BCUT2D eigenvalue weighted by atomic mass is 32.1. The van der Waals surface area contributed by atoms with Crippen LogP contribution in [0.25, 0.3) is 0 Å². The molecule has 0 amide bonds. The maximum atomic E-state index is 4.51. The van der Waals surface area contributed by atoms with E-state index < -0.39 is 0 Å². The van der Waals surface area contributed by atoms with Crippen molar-refractivity contribution in [1.82, 2.24) is 4.98 Å². The summed E-state index contributed by atoms with van der Waals surface area (Å²) in [6, 6.07) is 0. The number of aryl methyl sites for hydroxylation is 2. The highest BCUT2D eigenvalue weighted by molar-refractivity contribution is 7.15. The van der Waals surface area contributed by atoms with Gasteiger partial charge in [0.15, 0.2) is 5.13 Å². The van der Waals surface area contributed by atoms with Crippen molar-refractivity contribution < 1.29 is 0 Å². The molecule has 1 N–H and O–H groups in total. The summed E-state index contributed by atoms with van der Waals surface area (Å²) < 4.78 is 0. The summed E-state index contributed by atoms with van der Waals surface area (Å²) in [5, 5.41) is 4.59. The number of thiazole rings is 1. The van der Waals surface area contributed by atoms with Crippen molar-refractivity contribution >= 4 is 16.5 Å². The van der Waals surface area contributed by atoms with E-state index in [1.54, 1.807) is 11.3 Å². The van der Waals surface area contributed by atoms with Crippen LogP contribution in [-0.2, 0) is 0 Å². The topological polar surface area (TPSA) is 24.9 Å². The SMILES string of the molecule is Cc1nc(NCC2(C)CCCC2)sc1C. The Kier molecular flexibility index (Phi) is 3.01. The van der Waals surface area contributed by atoms with Crippen LogP contribution in [0.5, 0.6) is 0 Å². The number of aromatic nitrogens is 1. The Morgan fingerprint density at radius 1 is 1.33 bits per heavy atom. The molecule has 2 nitrogen and oxygen atoms in total. The van der Waals surface area contributed by atoms with Gasteiger partial charge in [-0.05, 0) is 32.1 Å². The Morgan fingerprint density at radius 3 is 2.53 bits per heavy atom. The molecule has 0 radical (unpaired) electrons. The predicted octanol–water partition coefficient (Wildman–Crippen LogP) is 3.75. The van der Waals surface area contributed by atoms with Gasteiger partial charge in [0.1, 0.15) is 0 Å². The van der Waals surface area contributed by atoms with E-state index in [2.05, 4.69) is 31.1 Å². The first-order chi connectivity index (χ1) is 7.09. The van der Waals surface area contributed by atoms with E-state index in [1.807, 2.05) is 0 Å². The molecule has 2 rings (SSSR count). The molecule has 1 heterocycles. The van der Waals surface area contributed by atoms with Crippen LogP contribution in [0.3, 0.4) is 0 Å². The Labute approximate surface area is 96.1 Å². The lowest BCUT2D eigenvalue weighted by molar-refractivity contribution is 0.362. The maximum absolute atomic E-state index is 4.51. The molecule has 0 spiro atoms. The summed E-state index contributed by atoms with van der Waals surface area (Å²) >= 11 is 1.77. The minimum Gasteiger partial charge on any atom is -0.361 e. The number of nitrogens with one attached hydrogen (secondary N) is 1. The lowest BCUT2D eigenvalue weighted by Gasteiger charge is -2.23. The van der Waals surface area contributed by atoms with Gasteiger partial charge in [-0.1, -0.05) is 19.8 Å². The van der Waals surface area contributed by atoms with Gasteiger partial charge in [0.05, 0.1) is 5.69 Å². The molecule has 1 saturated carbocycles. The molecule has 0 unspecified atom stereocenters. The first-order valence-corrected chi connectivity index (χ1v) is 6.59. The molecule has 1 fully saturated rings. The van der Waals surface area contributed by atoms with E-state index in [0.29, 0.717) is 5.41 Å². The second kappa shape index (κ2) is 4.12. The molecule has 84 valence electrons. The van der Waals surface area contributed by atoms with Gasteiger partial charge in [-0.2, -0.15) is 0 Å². The Bertz CT molecular complexity index is 318. The van der Waals surface area contributed by atoms with Crippen LogP contribution in [0.1, 0.15) is 43.2 Å². The third kappa shape index (κ3) is 2.51. The highest BCUT2D eigenvalue weighted by Crippen LogP contribution is 2.37. The lowest BCUT2D eigenvalue weighted by Crippen LogP contribution is -2.22. The van der Waals surface area contributed by atoms with Gasteiger partial charge in [-0.15, -0.1) is 11.3 Å². The molecule has 1 aromatic heterocycles. The molecule has 0 saturated heterocycles. The molecule has 1 aromatic rings. The summed E-state index contributed by atoms with van der Waals surface area (Å²) in [5.74, 6) is 0. The fraction of sp³-hybridized carbons (Fsp3) is 0.750. The Hall–Kier alpha value is -0.570. The molecule has 0 aromatic carbocycles. The van der Waals surface area contributed by atoms with E-state index in [0.717, 1.165) is 11.7 Å². The van der Waals surface area contributed by atoms with Crippen molar-refractivity contribution in [3.63, 3.8) is 0 Å². The van der Waals surface area contributed by atoms with Crippen molar-refractivity contribution in [3.05, 3.63) is 10.6 Å². The summed E-state index contributed by atoms with van der Waals surface area (Å²) in [7, 11) is 0. The summed E-state index contributed by atoms with van der Waals surface area (Å²) in [5.41, 5.74) is 1.67.